The van der Waals surface area contributed by atoms with Gasteiger partial charge in [0.25, 0.3) is 0 Å². The van der Waals surface area contributed by atoms with Gasteiger partial charge in [0.1, 0.15) is 0 Å². The zero-order chi connectivity index (χ0) is 12.5. The summed E-state index contributed by atoms with van der Waals surface area (Å²) in [5, 5.41) is 3.37. The zero-order valence-corrected chi connectivity index (χ0v) is 11.5. The summed E-state index contributed by atoms with van der Waals surface area (Å²) in [5.41, 5.74) is 1.93. The van der Waals surface area contributed by atoms with Crippen LogP contribution >= 0.6 is 0 Å². The number of hydrogen-bond acceptors (Lipinski definition) is 1. The highest BCUT2D eigenvalue weighted by molar-refractivity contribution is 5.26. The molecule has 0 spiro atoms. The van der Waals surface area contributed by atoms with Crippen LogP contribution in [0.25, 0.3) is 0 Å². The van der Waals surface area contributed by atoms with Crippen molar-refractivity contribution in [3.63, 3.8) is 0 Å². The van der Waals surface area contributed by atoms with E-state index in [9.17, 15) is 0 Å². The molecule has 17 heavy (non-hydrogen) atoms. The second-order valence-electron chi connectivity index (χ2n) is 6.45. The van der Waals surface area contributed by atoms with Crippen LogP contribution < -0.4 is 5.32 Å². The molecule has 1 heteroatoms. The standard InChI is InChI=1S/C16H25N/c1-16(2,3)15(11-17-4)14-10-13(14)12-8-6-5-7-9-12/h5-9,13-15,17H,10-11H2,1-4H3. The maximum atomic E-state index is 3.37. The first kappa shape index (κ1) is 12.6. The average Bonchev–Trinajstić information content (AvgIpc) is 3.05. The van der Waals surface area contributed by atoms with Gasteiger partial charge in [-0.2, -0.15) is 0 Å². The lowest BCUT2D eigenvalue weighted by atomic mass is 9.76. The Hall–Kier alpha value is -0.820. The fourth-order valence-electron chi connectivity index (χ4n) is 3.06. The average molecular weight is 231 g/mol. The van der Waals surface area contributed by atoms with E-state index in [2.05, 4.69) is 63.5 Å². The van der Waals surface area contributed by atoms with Gasteiger partial charge in [0, 0.05) is 0 Å². The first-order chi connectivity index (χ1) is 8.04. The van der Waals surface area contributed by atoms with Crippen molar-refractivity contribution in [2.75, 3.05) is 13.6 Å². The Morgan fingerprint density at radius 2 is 1.88 bits per heavy atom. The normalized spacial score (nSPS) is 25.6. The molecule has 1 N–H and O–H groups in total. The molecular weight excluding hydrogens is 206 g/mol. The molecular formula is C16H25N. The second-order valence-corrected chi connectivity index (χ2v) is 6.45. The number of rotatable bonds is 4. The molecule has 0 bridgehead atoms. The summed E-state index contributed by atoms with van der Waals surface area (Å²) in [4.78, 5) is 0. The molecule has 1 saturated carbocycles. The lowest BCUT2D eigenvalue weighted by Crippen LogP contribution is -2.32. The minimum absolute atomic E-state index is 0.400. The quantitative estimate of drug-likeness (QED) is 0.833. The molecule has 0 aliphatic heterocycles. The van der Waals surface area contributed by atoms with Crippen LogP contribution in [-0.4, -0.2) is 13.6 Å². The van der Waals surface area contributed by atoms with E-state index in [1.807, 2.05) is 0 Å². The van der Waals surface area contributed by atoms with Crippen molar-refractivity contribution in [1.82, 2.24) is 5.32 Å². The molecule has 1 aromatic carbocycles. The van der Waals surface area contributed by atoms with Crippen LogP contribution in [0.5, 0.6) is 0 Å². The van der Waals surface area contributed by atoms with Crippen LogP contribution in [-0.2, 0) is 0 Å². The van der Waals surface area contributed by atoms with Crippen molar-refractivity contribution >= 4 is 0 Å². The number of nitrogens with one attached hydrogen (secondary N) is 1. The van der Waals surface area contributed by atoms with Crippen LogP contribution in [0.3, 0.4) is 0 Å². The van der Waals surface area contributed by atoms with E-state index in [1.165, 1.54) is 12.0 Å². The van der Waals surface area contributed by atoms with Gasteiger partial charge in [-0.05, 0) is 48.7 Å². The summed E-state index contributed by atoms with van der Waals surface area (Å²) in [7, 11) is 2.07. The highest BCUT2D eigenvalue weighted by atomic mass is 14.8. The monoisotopic (exact) mass is 231 g/mol. The molecule has 3 unspecified atom stereocenters. The molecule has 94 valence electrons. The molecule has 0 radical (unpaired) electrons. The smallest absolute Gasteiger partial charge is 0.00156 e. The summed E-state index contributed by atoms with van der Waals surface area (Å²) < 4.78 is 0. The highest BCUT2D eigenvalue weighted by Crippen LogP contribution is 2.55. The Labute approximate surface area is 106 Å². The molecule has 0 saturated heterocycles. The van der Waals surface area contributed by atoms with Crippen LogP contribution in [0.15, 0.2) is 30.3 Å². The summed E-state index contributed by atoms with van der Waals surface area (Å²) in [6.07, 6.45) is 1.37. The third kappa shape index (κ3) is 2.90. The van der Waals surface area contributed by atoms with E-state index in [1.54, 1.807) is 0 Å². The Morgan fingerprint density at radius 1 is 1.24 bits per heavy atom. The van der Waals surface area contributed by atoms with Gasteiger partial charge in [0.05, 0.1) is 0 Å². The highest BCUT2D eigenvalue weighted by Gasteiger charge is 2.47. The maximum absolute atomic E-state index is 3.37. The van der Waals surface area contributed by atoms with Gasteiger partial charge in [-0.15, -0.1) is 0 Å². The maximum Gasteiger partial charge on any atom is -0.00156 e. The van der Waals surface area contributed by atoms with Crippen molar-refractivity contribution in [3.05, 3.63) is 35.9 Å². The van der Waals surface area contributed by atoms with Crippen LogP contribution in [0.2, 0.25) is 0 Å². The molecule has 1 aromatic rings. The van der Waals surface area contributed by atoms with Gasteiger partial charge in [-0.1, -0.05) is 51.1 Å². The van der Waals surface area contributed by atoms with E-state index >= 15 is 0 Å². The van der Waals surface area contributed by atoms with Crippen molar-refractivity contribution in [1.29, 1.82) is 0 Å². The molecule has 1 nitrogen and oxygen atoms in total. The van der Waals surface area contributed by atoms with Gasteiger partial charge in [-0.3, -0.25) is 0 Å². The van der Waals surface area contributed by atoms with Crippen molar-refractivity contribution < 1.29 is 0 Å². The summed E-state index contributed by atoms with van der Waals surface area (Å²) in [5.74, 6) is 2.44. The lowest BCUT2D eigenvalue weighted by molar-refractivity contribution is 0.205. The molecule has 0 amide bonds. The SMILES string of the molecule is CNCC(C1CC1c1ccccc1)C(C)(C)C. The van der Waals surface area contributed by atoms with Crippen LogP contribution in [0.1, 0.15) is 38.7 Å². The minimum Gasteiger partial charge on any atom is -0.319 e. The topological polar surface area (TPSA) is 12.0 Å². The van der Waals surface area contributed by atoms with E-state index in [0.29, 0.717) is 5.41 Å². The van der Waals surface area contributed by atoms with Crippen molar-refractivity contribution in [3.8, 4) is 0 Å². The Bertz CT molecular complexity index is 350. The Morgan fingerprint density at radius 3 is 2.41 bits per heavy atom. The molecule has 1 aliphatic rings. The van der Waals surface area contributed by atoms with Crippen molar-refractivity contribution in [2.24, 2.45) is 17.3 Å². The third-order valence-corrected chi connectivity index (χ3v) is 4.12. The zero-order valence-electron chi connectivity index (χ0n) is 11.5. The fourth-order valence-corrected chi connectivity index (χ4v) is 3.06. The predicted octanol–water partition coefficient (Wildman–Crippen LogP) is 3.67. The lowest BCUT2D eigenvalue weighted by Gasteiger charge is -2.31. The van der Waals surface area contributed by atoms with E-state index < -0.39 is 0 Å². The van der Waals surface area contributed by atoms with Gasteiger partial charge < -0.3 is 5.32 Å². The molecule has 1 aliphatic carbocycles. The van der Waals surface area contributed by atoms with Gasteiger partial charge in [0.15, 0.2) is 0 Å². The number of hydrogen-bond donors (Lipinski definition) is 1. The van der Waals surface area contributed by atoms with Crippen LogP contribution in [0.4, 0.5) is 0 Å². The Balaban J connectivity index is 2.05. The fraction of sp³-hybridized carbons (Fsp3) is 0.625. The predicted molar refractivity (Wildman–Crippen MR) is 74.2 cm³/mol. The minimum atomic E-state index is 0.400. The van der Waals surface area contributed by atoms with Gasteiger partial charge >= 0.3 is 0 Å². The number of benzene rings is 1. The summed E-state index contributed by atoms with van der Waals surface area (Å²) in [6, 6.07) is 11.0. The van der Waals surface area contributed by atoms with E-state index in [-0.39, 0.29) is 0 Å². The van der Waals surface area contributed by atoms with Crippen LogP contribution in [0, 0.1) is 17.3 Å². The molecule has 3 atom stereocenters. The van der Waals surface area contributed by atoms with Crippen molar-refractivity contribution in [2.45, 2.75) is 33.1 Å². The summed E-state index contributed by atoms with van der Waals surface area (Å²) in [6.45, 7) is 8.25. The van der Waals surface area contributed by atoms with E-state index in [0.717, 1.165) is 24.3 Å². The molecule has 0 aromatic heterocycles. The first-order valence-corrected chi connectivity index (χ1v) is 6.73. The van der Waals surface area contributed by atoms with Gasteiger partial charge in [0.2, 0.25) is 0 Å². The first-order valence-electron chi connectivity index (χ1n) is 6.73. The molecule has 0 heterocycles. The van der Waals surface area contributed by atoms with E-state index in [4.69, 9.17) is 0 Å². The van der Waals surface area contributed by atoms with Gasteiger partial charge in [-0.25, -0.2) is 0 Å². The second kappa shape index (κ2) is 4.81. The largest absolute Gasteiger partial charge is 0.319 e. The third-order valence-electron chi connectivity index (χ3n) is 4.12. The molecule has 2 rings (SSSR count). The Kier molecular flexibility index (Phi) is 3.58. The summed E-state index contributed by atoms with van der Waals surface area (Å²) >= 11 is 0. The molecule has 1 fully saturated rings.